The van der Waals surface area contributed by atoms with E-state index in [9.17, 15) is 12.8 Å². The van der Waals surface area contributed by atoms with Crippen LogP contribution in [-0.2, 0) is 10.0 Å². The van der Waals surface area contributed by atoms with Gasteiger partial charge in [0, 0.05) is 18.7 Å². The number of halogens is 1. The fraction of sp³-hybridized carbons (Fsp3) is 0.364. The first-order chi connectivity index (χ1) is 14.3. The maximum Gasteiger partial charge on any atom is 0.243 e. The number of sulfonamides is 1. The van der Waals surface area contributed by atoms with Crippen molar-refractivity contribution in [2.45, 2.75) is 43.4 Å². The molecule has 3 aromatic rings. The highest BCUT2D eigenvalue weighted by molar-refractivity contribution is 7.89. The number of nitrogens with zero attached hydrogens (tertiary/aromatic N) is 3. The minimum atomic E-state index is -3.60. The largest absolute Gasteiger partial charge is 0.339 e. The first-order valence-corrected chi connectivity index (χ1v) is 11.5. The van der Waals surface area contributed by atoms with Crippen molar-refractivity contribution >= 4 is 10.0 Å². The van der Waals surface area contributed by atoms with Gasteiger partial charge in [-0.25, -0.2) is 12.8 Å². The third-order valence-corrected chi connectivity index (χ3v) is 7.32. The van der Waals surface area contributed by atoms with Crippen molar-refractivity contribution in [1.82, 2.24) is 14.4 Å². The van der Waals surface area contributed by atoms with Gasteiger partial charge in [-0.15, -0.1) is 0 Å². The highest BCUT2D eigenvalue weighted by atomic mass is 32.2. The van der Waals surface area contributed by atoms with Crippen molar-refractivity contribution in [2.75, 3.05) is 13.1 Å². The molecule has 2 aromatic carbocycles. The lowest BCUT2D eigenvalue weighted by Crippen LogP contribution is -2.39. The molecule has 158 valence electrons. The zero-order valence-corrected chi connectivity index (χ0v) is 17.8. The average molecular weight is 430 g/mol. The summed E-state index contributed by atoms with van der Waals surface area (Å²) in [5.41, 5.74) is 1.62. The first kappa shape index (κ1) is 20.7. The van der Waals surface area contributed by atoms with Crippen LogP contribution < -0.4 is 0 Å². The maximum atomic E-state index is 13.5. The van der Waals surface area contributed by atoms with Crippen molar-refractivity contribution < 1.29 is 17.3 Å². The van der Waals surface area contributed by atoms with Crippen LogP contribution in [0.25, 0.3) is 11.4 Å². The van der Waals surface area contributed by atoms with Crippen LogP contribution >= 0.6 is 0 Å². The van der Waals surface area contributed by atoms with Gasteiger partial charge in [0.15, 0.2) is 0 Å². The van der Waals surface area contributed by atoms with E-state index < -0.39 is 10.0 Å². The van der Waals surface area contributed by atoms with Crippen LogP contribution in [0.4, 0.5) is 4.39 Å². The van der Waals surface area contributed by atoms with Gasteiger partial charge in [-0.3, -0.25) is 0 Å². The average Bonchev–Trinajstić information content (AvgIpc) is 3.24. The lowest BCUT2D eigenvalue weighted by atomic mass is 10.00. The first-order valence-electron chi connectivity index (χ1n) is 10.0. The number of aromatic nitrogens is 2. The van der Waals surface area contributed by atoms with Crippen LogP contribution in [0.5, 0.6) is 0 Å². The molecule has 0 N–H and O–H groups in total. The highest BCUT2D eigenvalue weighted by Gasteiger charge is 2.33. The summed E-state index contributed by atoms with van der Waals surface area (Å²) >= 11 is 0. The number of hydrogen-bond acceptors (Lipinski definition) is 5. The molecule has 0 aliphatic carbocycles. The van der Waals surface area contributed by atoms with Gasteiger partial charge in [0.1, 0.15) is 5.82 Å². The van der Waals surface area contributed by atoms with Crippen molar-refractivity contribution in [2.24, 2.45) is 0 Å². The summed E-state index contributed by atoms with van der Waals surface area (Å²) in [5.74, 6) is 0.444. The third kappa shape index (κ3) is 4.15. The van der Waals surface area contributed by atoms with Crippen molar-refractivity contribution in [1.29, 1.82) is 0 Å². The number of hydrogen-bond donors (Lipinski definition) is 0. The normalized spacial score (nSPS) is 18.1. The molecule has 0 bridgehead atoms. The van der Waals surface area contributed by atoms with E-state index >= 15 is 0 Å². The Morgan fingerprint density at radius 1 is 1.17 bits per heavy atom. The molecule has 1 saturated heterocycles. The Bertz CT molecular complexity index is 1130. The zero-order valence-electron chi connectivity index (χ0n) is 17.0. The molecule has 1 fully saturated rings. The van der Waals surface area contributed by atoms with Crippen LogP contribution in [0.2, 0.25) is 0 Å². The van der Waals surface area contributed by atoms with Crippen molar-refractivity contribution in [3.63, 3.8) is 0 Å². The smallest absolute Gasteiger partial charge is 0.243 e. The summed E-state index contributed by atoms with van der Waals surface area (Å²) in [6, 6.07) is 13.0. The molecule has 0 radical (unpaired) electrons. The monoisotopic (exact) mass is 429 g/mol. The number of rotatable bonds is 5. The second-order valence-electron chi connectivity index (χ2n) is 7.89. The second-order valence-corrected chi connectivity index (χ2v) is 9.83. The quantitative estimate of drug-likeness (QED) is 0.594. The third-order valence-electron chi connectivity index (χ3n) is 5.44. The molecule has 0 spiro atoms. The van der Waals surface area contributed by atoms with E-state index in [0.29, 0.717) is 41.1 Å². The minimum absolute atomic E-state index is 0.196. The Morgan fingerprint density at radius 2 is 1.93 bits per heavy atom. The number of piperidine rings is 1. The molecule has 1 aliphatic rings. The van der Waals surface area contributed by atoms with E-state index in [-0.39, 0.29) is 18.3 Å². The van der Waals surface area contributed by atoms with Crippen LogP contribution in [0.3, 0.4) is 0 Å². The van der Waals surface area contributed by atoms with Crippen molar-refractivity contribution in [3.8, 4) is 11.4 Å². The molecular weight excluding hydrogens is 405 g/mol. The van der Waals surface area contributed by atoms with E-state index in [1.54, 1.807) is 24.3 Å². The summed E-state index contributed by atoms with van der Waals surface area (Å²) in [6.45, 7) is 4.87. The lowest BCUT2D eigenvalue weighted by molar-refractivity contribution is 0.265. The minimum Gasteiger partial charge on any atom is -0.339 e. The van der Waals surface area contributed by atoms with Gasteiger partial charge in [-0.2, -0.15) is 9.29 Å². The Labute approximate surface area is 175 Å². The van der Waals surface area contributed by atoms with Gasteiger partial charge in [-0.1, -0.05) is 43.3 Å². The lowest BCUT2D eigenvalue weighted by Gasteiger charge is -2.30. The van der Waals surface area contributed by atoms with E-state index in [1.165, 1.54) is 16.4 Å². The fourth-order valence-electron chi connectivity index (χ4n) is 3.68. The fourth-order valence-corrected chi connectivity index (χ4v) is 5.21. The van der Waals surface area contributed by atoms with E-state index in [1.807, 2.05) is 12.1 Å². The molecule has 1 aliphatic heterocycles. The molecule has 6 nitrogen and oxygen atoms in total. The predicted molar refractivity (Wildman–Crippen MR) is 111 cm³/mol. The van der Waals surface area contributed by atoms with Gasteiger partial charge < -0.3 is 4.52 Å². The summed E-state index contributed by atoms with van der Waals surface area (Å²) in [5, 5.41) is 3.95. The van der Waals surface area contributed by atoms with Gasteiger partial charge in [-0.05, 0) is 48.6 Å². The number of benzene rings is 2. The molecule has 8 heteroatoms. The summed E-state index contributed by atoms with van der Waals surface area (Å²) in [4.78, 5) is 4.69. The Morgan fingerprint density at radius 3 is 2.63 bits per heavy atom. The van der Waals surface area contributed by atoms with Crippen molar-refractivity contribution in [3.05, 3.63) is 65.8 Å². The highest BCUT2D eigenvalue weighted by Crippen LogP contribution is 2.31. The molecule has 2 heterocycles. The van der Waals surface area contributed by atoms with E-state index in [2.05, 4.69) is 24.0 Å². The van der Waals surface area contributed by atoms with Crippen LogP contribution in [0.1, 0.15) is 50.0 Å². The molecule has 1 aromatic heterocycles. The predicted octanol–water partition coefficient (Wildman–Crippen LogP) is 4.57. The van der Waals surface area contributed by atoms with Crippen LogP contribution in [-0.4, -0.2) is 36.0 Å². The standard InChI is InChI=1S/C22H24FN3O3S/c1-15(2)16-8-10-20(11-9-16)30(27,28)26-12-4-6-18(14-26)22-24-21(25-29-22)17-5-3-7-19(23)13-17/h3,5,7-11,13,15,18H,4,6,12,14H2,1-2H3/t18-/m0/s1. The summed E-state index contributed by atoms with van der Waals surface area (Å²) in [6.07, 6.45) is 1.45. The zero-order chi connectivity index (χ0) is 21.3. The SMILES string of the molecule is CC(C)c1ccc(S(=O)(=O)N2CCC[C@H](c3nc(-c4cccc(F)c4)no3)C2)cc1. The second kappa shape index (κ2) is 8.28. The van der Waals surface area contributed by atoms with Crippen LogP contribution in [0.15, 0.2) is 57.9 Å². The van der Waals surface area contributed by atoms with E-state index in [0.717, 1.165) is 12.0 Å². The van der Waals surface area contributed by atoms with Gasteiger partial charge in [0.25, 0.3) is 0 Å². The Balaban J connectivity index is 1.53. The van der Waals surface area contributed by atoms with E-state index in [4.69, 9.17) is 4.52 Å². The maximum absolute atomic E-state index is 13.5. The molecule has 0 amide bonds. The van der Waals surface area contributed by atoms with Crippen LogP contribution in [0, 0.1) is 5.82 Å². The van der Waals surface area contributed by atoms with Gasteiger partial charge >= 0.3 is 0 Å². The Hall–Kier alpha value is -2.58. The van der Waals surface area contributed by atoms with Gasteiger partial charge in [0.05, 0.1) is 10.8 Å². The Kier molecular flexibility index (Phi) is 5.71. The molecule has 1 atom stereocenters. The molecule has 4 rings (SSSR count). The summed E-state index contributed by atoms with van der Waals surface area (Å²) < 4.78 is 46.6. The molecule has 0 saturated carbocycles. The molecular formula is C22H24FN3O3S. The molecule has 0 unspecified atom stereocenters. The molecule has 30 heavy (non-hydrogen) atoms. The topological polar surface area (TPSA) is 76.3 Å². The summed E-state index contributed by atoms with van der Waals surface area (Å²) in [7, 11) is -3.60. The van der Waals surface area contributed by atoms with Gasteiger partial charge in [0.2, 0.25) is 21.7 Å².